The van der Waals surface area contributed by atoms with Crippen molar-refractivity contribution in [3.8, 4) is 0 Å². The summed E-state index contributed by atoms with van der Waals surface area (Å²) in [6.45, 7) is 7.98. The third kappa shape index (κ3) is 3.66. The van der Waals surface area contributed by atoms with Crippen LogP contribution in [-0.2, 0) is 16.1 Å². The second-order valence-corrected chi connectivity index (χ2v) is 9.13. The number of carbonyl (C=O) groups excluding carboxylic acids is 3. The van der Waals surface area contributed by atoms with E-state index in [4.69, 9.17) is 4.42 Å². The van der Waals surface area contributed by atoms with E-state index >= 15 is 0 Å². The van der Waals surface area contributed by atoms with Crippen LogP contribution in [0.2, 0.25) is 0 Å². The lowest BCUT2D eigenvalue weighted by Crippen LogP contribution is -2.46. The molecule has 0 unspecified atom stereocenters. The van der Waals surface area contributed by atoms with Gasteiger partial charge in [0.25, 0.3) is 0 Å². The predicted molar refractivity (Wildman–Crippen MR) is 116 cm³/mol. The number of fused-ring (bicyclic) bond motifs is 1. The van der Waals surface area contributed by atoms with E-state index in [1.807, 2.05) is 26.0 Å². The Morgan fingerprint density at radius 3 is 2.42 bits per heavy atom. The number of benzene rings is 1. The Labute approximate surface area is 181 Å². The van der Waals surface area contributed by atoms with Crippen molar-refractivity contribution in [1.82, 2.24) is 9.80 Å². The lowest BCUT2D eigenvalue weighted by Gasteiger charge is -2.34. The molecule has 31 heavy (non-hydrogen) atoms. The Kier molecular flexibility index (Phi) is 5.45. The van der Waals surface area contributed by atoms with Gasteiger partial charge in [-0.15, -0.1) is 0 Å². The van der Waals surface area contributed by atoms with Crippen molar-refractivity contribution in [2.24, 2.45) is 5.92 Å². The zero-order chi connectivity index (χ0) is 22.4. The van der Waals surface area contributed by atoms with E-state index in [0.29, 0.717) is 23.0 Å². The molecule has 4 amide bonds. The minimum atomic E-state index is -0.833. The van der Waals surface area contributed by atoms with E-state index in [-0.39, 0.29) is 24.4 Å². The van der Waals surface area contributed by atoms with Crippen LogP contribution in [-0.4, -0.2) is 33.7 Å². The van der Waals surface area contributed by atoms with Crippen LogP contribution in [0.1, 0.15) is 69.1 Å². The first-order valence-corrected chi connectivity index (χ1v) is 10.9. The van der Waals surface area contributed by atoms with Gasteiger partial charge in [-0.1, -0.05) is 33.6 Å². The molecule has 2 aromatic rings. The number of aryl methyl sites for hydroxylation is 1. The average molecular weight is 424 g/mol. The molecule has 0 bridgehead atoms. The van der Waals surface area contributed by atoms with E-state index < -0.39 is 23.5 Å². The zero-order valence-electron chi connectivity index (χ0n) is 18.4. The molecule has 7 nitrogen and oxygen atoms in total. The summed E-state index contributed by atoms with van der Waals surface area (Å²) in [6, 6.07) is 4.21. The van der Waals surface area contributed by atoms with Gasteiger partial charge < -0.3 is 4.42 Å². The molecule has 2 heterocycles. The van der Waals surface area contributed by atoms with Crippen molar-refractivity contribution >= 4 is 28.8 Å². The van der Waals surface area contributed by atoms with Gasteiger partial charge >= 0.3 is 23.5 Å². The van der Waals surface area contributed by atoms with Crippen molar-refractivity contribution in [3.63, 3.8) is 0 Å². The molecule has 0 N–H and O–H groups in total. The third-order valence-electron chi connectivity index (χ3n) is 6.65. The summed E-state index contributed by atoms with van der Waals surface area (Å²) in [5, 5.41) is 0.673. The number of urea groups is 1. The standard InChI is InChI=1S/C24H28N2O5/c1-13(2)17-11-18-16(10-21(27)31-20(18)9-15(17)4)12-25-22(28)23(29)26(24(25)30)19-8-6-5-7-14(19)3/h9-11,13-14,19H,5-8,12H2,1-4H3/t14-,19-/m0/s1. The highest BCUT2D eigenvalue weighted by molar-refractivity contribution is 6.44. The Balaban J connectivity index is 1.72. The van der Waals surface area contributed by atoms with Crippen LogP contribution in [0.15, 0.2) is 27.4 Å². The fraction of sp³-hybridized carbons (Fsp3) is 0.500. The molecular formula is C24H28N2O5. The summed E-state index contributed by atoms with van der Waals surface area (Å²) in [4.78, 5) is 52.9. The van der Waals surface area contributed by atoms with Crippen LogP contribution >= 0.6 is 0 Å². The SMILES string of the molecule is Cc1cc2oc(=O)cc(CN3C(=O)C(=O)N([C@H]4CCCC[C@@H]4C)C3=O)c2cc1C(C)C. The zero-order valence-corrected chi connectivity index (χ0v) is 18.4. The van der Waals surface area contributed by atoms with Gasteiger partial charge in [0.15, 0.2) is 0 Å². The molecular weight excluding hydrogens is 396 g/mol. The van der Waals surface area contributed by atoms with E-state index in [9.17, 15) is 19.2 Å². The Bertz CT molecular complexity index is 1130. The second-order valence-electron chi connectivity index (χ2n) is 9.13. The van der Waals surface area contributed by atoms with Crippen molar-refractivity contribution in [2.75, 3.05) is 0 Å². The number of rotatable bonds is 4. The van der Waals surface area contributed by atoms with Crippen LogP contribution in [0.3, 0.4) is 0 Å². The summed E-state index contributed by atoms with van der Waals surface area (Å²) in [7, 11) is 0. The lowest BCUT2D eigenvalue weighted by molar-refractivity contribution is -0.144. The Morgan fingerprint density at radius 2 is 1.74 bits per heavy atom. The van der Waals surface area contributed by atoms with Gasteiger partial charge in [-0.2, -0.15) is 0 Å². The summed E-state index contributed by atoms with van der Waals surface area (Å²) in [6.07, 6.45) is 3.64. The molecule has 1 aliphatic heterocycles. The van der Waals surface area contributed by atoms with Gasteiger partial charge in [0.1, 0.15) is 5.58 Å². The normalized spacial score (nSPS) is 22.3. The highest BCUT2D eigenvalue weighted by Crippen LogP contribution is 2.33. The molecule has 7 heteroatoms. The number of nitrogens with zero attached hydrogens (tertiary/aromatic N) is 2. The molecule has 1 saturated carbocycles. The van der Waals surface area contributed by atoms with Gasteiger partial charge in [-0.05, 0) is 60.4 Å². The number of carbonyl (C=O) groups is 3. The maximum Gasteiger partial charge on any atom is 0.336 e. The summed E-state index contributed by atoms with van der Waals surface area (Å²) in [5.74, 6) is -1.19. The largest absolute Gasteiger partial charge is 0.423 e. The molecule has 2 fully saturated rings. The van der Waals surface area contributed by atoms with Crippen LogP contribution < -0.4 is 5.63 Å². The van der Waals surface area contributed by atoms with Crippen LogP contribution in [0.5, 0.6) is 0 Å². The maximum atomic E-state index is 13.1. The molecule has 1 aliphatic carbocycles. The Hall–Kier alpha value is -2.96. The fourth-order valence-electron chi connectivity index (χ4n) is 4.95. The molecule has 2 aliphatic rings. The topological polar surface area (TPSA) is 87.9 Å². The van der Waals surface area contributed by atoms with Gasteiger partial charge in [-0.25, -0.2) is 9.59 Å². The van der Waals surface area contributed by atoms with Gasteiger partial charge in [0.05, 0.1) is 6.54 Å². The average Bonchev–Trinajstić information content (AvgIpc) is 2.91. The molecule has 1 aromatic carbocycles. The first-order chi connectivity index (χ1) is 14.7. The van der Waals surface area contributed by atoms with E-state index in [0.717, 1.165) is 40.2 Å². The van der Waals surface area contributed by atoms with Crippen LogP contribution in [0.4, 0.5) is 4.79 Å². The highest BCUT2D eigenvalue weighted by atomic mass is 16.4. The molecule has 4 rings (SSSR count). The smallest absolute Gasteiger partial charge is 0.336 e. The van der Waals surface area contributed by atoms with Gasteiger partial charge in [0, 0.05) is 17.5 Å². The van der Waals surface area contributed by atoms with Gasteiger partial charge in [-0.3, -0.25) is 19.4 Å². The highest BCUT2D eigenvalue weighted by Gasteiger charge is 2.49. The lowest BCUT2D eigenvalue weighted by atomic mass is 9.85. The fourth-order valence-corrected chi connectivity index (χ4v) is 4.95. The van der Waals surface area contributed by atoms with E-state index in [2.05, 4.69) is 13.8 Å². The minimum absolute atomic E-state index is 0.135. The molecule has 2 atom stereocenters. The number of amides is 4. The monoisotopic (exact) mass is 424 g/mol. The summed E-state index contributed by atoms with van der Waals surface area (Å²) < 4.78 is 5.37. The third-order valence-corrected chi connectivity index (χ3v) is 6.65. The second kappa shape index (κ2) is 7.94. The molecule has 1 aromatic heterocycles. The van der Waals surface area contributed by atoms with Crippen LogP contribution in [0.25, 0.3) is 11.0 Å². The predicted octanol–water partition coefficient (Wildman–Crippen LogP) is 4.09. The first-order valence-electron chi connectivity index (χ1n) is 10.9. The number of hydrogen-bond acceptors (Lipinski definition) is 5. The first kappa shape index (κ1) is 21.3. The van der Waals surface area contributed by atoms with Crippen molar-refractivity contribution in [3.05, 3.63) is 45.3 Å². The maximum absolute atomic E-state index is 13.1. The molecule has 164 valence electrons. The van der Waals surface area contributed by atoms with E-state index in [1.165, 1.54) is 6.07 Å². The van der Waals surface area contributed by atoms with Crippen LogP contribution in [0, 0.1) is 12.8 Å². The molecule has 1 saturated heterocycles. The van der Waals surface area contributed by atoms with E-state index in [1.54, 1.807) is 0 Å². The van der Waals surface area contributed by atoms with Crippen molar-refractivity contribution in [2.45, 2.75) is 71.9 Å². The summed E-state index contributed by atoms with van der Waals surface area (Å²) >= 11 is 0. The number of imide groups is 2. The summed E-state index contributed by atoms with van der Waals surface area (Å²) in [5.41, 5.74) is 2.45. The molecule has 0 radical (unpaired) electrons. The van der Waals surface area contributed by atoms with Crippen molar-refractivity contribution in [1.29, 1.82) is 0 Å². The number of hydrogen-bond donors (Lipinski definition) is 0. The van der Waals surface area contributed by atoms with Gasteiger partial charge in [0.2, 0.25) is 0 Å². The quantitative estimate of drug-likeness (QED) is 0.419. The minimum Gasteiger partial charge on any atom is -0.423 e. The molecule has 0 spiro atoms. The van der Waals surface area contributed by atoms with Crippen molar-refractivity contribution < 1.29 is 18.8 Å². The Morgan fingerprint density at radius 1 is 1.03 bits per heavy atom.